The largest absolute Gasteiger partial charge is 0.508 e. The highest BCUT2D eigenvalue weighted by atomic mass is 35.5. The summed E-state index contributed by atoms with van der Waals surface area (Å²) in [6, 6.07) is 5.14. The van der Waals surface area contributed by atoms with Crippen LogP contribution in [0.3, 0.4) is 0 Å². The molecule has 0 saturated heterocycles. The Balaban J connectivity index is 0.00000361. The van der Waals surface area contributed by atoms with Crippen molar-refractivity contribution in [3.63, 3.8) is 0 Å². The Morgan fingerprint density at radius 3 is 2.30 bits per heavy atom. The molecule has 0 unspecified atom stereocenters. The summed E-state index contributed by atoms with van der Waals surface area (Å²) in [6.07, 6.45) is 1.91. The molecule has 4 heteroatoms. The second-order valence-corrected chi connectivity index (χ2v) is 6.51. The number of hydrogen-bond acceptors (Lipinski definition) is 3. The van der Waals surface area contributed by atoms with Gasteiger partial charge in [-0.25, -0.2) is 0 Å². The molecule has 0 heterocycles. The number of halogens is 1. The van der Waals surface area contributed by atoms with Gasteiger partial charge in [0.15, 0.2) is 0 Å². The molecule has 0 aromatic heterocycles. The Morgan fingerprint density at radius 1 is 1.20 bits per heavy atom. The molecule has 0 amide bonds. The summed E-state index contributed by atoms with van der Waals surface area (Å²) >= 11 is 0. The van der Waals surface area contributed by atoms with Gasteiger partial charge in [-0.2, -0.15) is 0 Å². The van der Waals surface area contributed by atoms with Gasteiger partial charge in [0.2, 0.25) is 0 Å². The van der Waals surface area contributed by atoms with Gasteiger partial charge in [0, 0.05) is 11.6 Å². The predicted molar refractivity (Wildman–Crippen MR) is 86.7 cm³/mol. The molecular weight excluding hydrogens is 274 g/mol. The van der Waals surface area contributed by atoms with Gasteiger partial charge in [-0.1, -0.05) is 13.8 Å². The molecule has 3 N–H and O–H groups in total. The minimum Gasteiger partial charge on any atom is -0.508 e. The van der Waals surface area contributed by atoms with Crippen LogP contribution in [0.15, 0.2) is 18.2 Å². The van der Waals surface area contributed by atoms with Crippen molar-refractivity contribution in [1.29, 1.82) is 0 Å². The third-order valence-corrected chi connectivity index (χ3v) is 2.88. The molecule has 0 saturated carbocycles. The lowest BCUT2D eigenvalue weighted by Gasteiger charge is -2.23. The highest BCUT2D eigenvalue weighted by Crippen LogP contribution is 2.31. The van der Waals surface area contributed by atoms with E-state index in [9.17, 15) is 5.11 Å². The van der Waals surface area contributed by atoms with E-state index in [4.69, 9.17) is 10.5 Å². The topological polar surface area (TPSA) is 55.5 Å². The van der Waals surface area contributed by atoms with E-state index in [1.807, 2.05) is 26.8 Å². The van der Waals surface area contributed by atoms with Crippen LogP contribution >= 0.6 is 12.4 Å². The van der Waals surface area contributed by atoms with Crippen LogP contribution in [0.1, 0.15) is 59.1 Å². The van der Waals surface area contributed by atoms with E-state index in [1.165, 1.54) is 0 Å². The summed E-state index contributed by atoms with van der Waals surface area (Å²) in [5.41, 5.74) is 6.67. The molecular formula is C16H28ClNO2. The van der Waals surface area contributed by atoms with Gasteiger partial charge in [-0.3, -0.25) is 0 Å². The number of nitrogens with two attached hydrogens (primary N) is 1. The predicted octanol–water partition coefficient (Wildman–Crippen LogP) is 4.43. The average molecular weight is 302 g/mol. The quantitative estimate of drug-likeness (QED) is 0.846. The molecule has 1 rings (SSSR count). The Hall–Kier alpha value is -0.930. The van der Waals surface area contributed by atoms with Gasteiger partial charge in [0.25, 0.3) is 0 Å². The van der Waals surface area contributed by atoms with E-state index >= 15 is 0 Å². The summed E-state index contributed by atoms with van der Waals surface area (Å²) in [5.74, 6) is 1.61. The average Bonchev–Trinajstić information content (AvgIpc) is 2.26. The van der Waals surface area contributed by atoms with Crippen LogP contribution < -0.4 is 10.5 Å². The zero-order valence-electron chi connectivity index (χ0n) is 13.1. The molecule has 0 aliphatic carbocycles. The fourth-order valence-corrected chi connectivity index (χ4v) is 1.92. The Kier molecular flexibility index (Phi) is 7.39. The molecule has 116 valence electrons. The summed E-state index contributed by atoms with van der Waals surface area (Å²) < 4.78 is 5.81. The van der Waals surface area contributed by atoms with Crippen molar-refractivity contribution in [3.05, 3.63) is 23.8 Å². The van der Waals surface area contributed by atoms with Gasteiger partial charge >= 0.3 is 0 Å². The maximum absolute atomic E-state index is 9.93. The fraction of sp³-hybridized carbons (Fsp3) is 0.625. The van der Waals surface area contributed by atoms with Crippen LogP contribution in [0.4, 0.5) is 0 Å². The van der Waals surface area contributed by atoms with Gasteiger partial charge in [0.1, 0.15) is 17.1 Å². The van der Waals surface area contributed by atoms with Crippen molar-refractivity contribution < 1.29 is 9.84 Å². The number of hydrogen-bond donors (Lipinski definition) is 2. The molecule has 1 aromatic carbocycles. The second kappa shape index (κ2) is 7.75. The van der Waals surface area contributed by atoms with E-state index in [0.29, 0.717) is 5.92 Å². The van der Waals surface area contributed by atoms with Crippen LogP contribution in [-0.4, -0.2) is 10.7 Å². The first-order valence-electron chi connectivity index (χ1n) is 6.96. The first-order valence-corrected chi connectivity index (χ1v) is 6.96. The molecule has 3 nitrogen and oxygen atoms in total. The lowest BCUT2D eigenvalue weighted by molar-refractivity contribution is 0.130. The van der Waals surface area contributed by atoms with Crippen molar-refractivity contribution in [2.75, 3.05) is 0 Å². The minimum atomic E-state index is -0.254. The number of rotatable bonds is 5. The van der Waals surface area contributed by atoms with Crippen molar-refractivity contribution >= 4 is 12.4 Å². The molecule has 0 fully saturated rings. The highest BCUT2D eigenvalue weighted by molar-refractivity contribution is 5.85. The van der Waals surface area contributed by atoms with Gasteiger partial charge in [0.05, 0.1) is 0 Å². The Morgan fingerprint density at radius 2 is 1.80 bits per heavy atom. The van der Waals surface area contributed by atoms with Crippen molar-refractivity contribution in [2.24, 2.45) is 11.7 Å². The lowest BCUT2D eigenvalue weighted by Crippen LogP contribution is -2.23. The summed E-state index contributed by atoms with van der Waals surface area (Å²) in [7, 11) is 0. The maximum Gasteiger partial charge on any atom is 0.120 e. The third-order valence-electron chi connectivity index (χ3n) is 2.88. The van der Waals surface area contributed by atoms with Gasteiger partial charge < -0.3 is 15.6 Å². The zero-order chi connectivity index (χ0) is 14.6. The van der Waals surface area contributed by atoms with Crippen molar-refractivity contribution in [3.8, 4) is 11.5 Å². The SMILES string of the molecule is CC(C)CC[C@H](N)c1cc(OC(C)(C)C)ccc1O.Cl. The molecule has 0 aliphatic heterocycles. The van der Waals surface area contributed by atoms with Crippen LogP contribution in [0.2, 0.25) is 0 Å². The first-order chi connectivity index (χ1) is 8.69. The summed E-state index contributed by atoms with van der Waals surface area (Å²) in [6.45, 7) is 10.3. The fourth-order valence-electron chi connectivity index (χ4n) is 1.92. The molecule has 0 radical (unpaired) electrons. The van der Waals surface area contributed by atoms with Crippen molar-refractivity contribution in [2.45, 2.75) is 59.1 Å². The molecule has 0 spiro atoms. The van der Waals surface area contributed by atoms with E-state index in [2.05, 4.69) is 13.8 Å². The first kappa shape index (κ1) is 19.1. The molecule has 1 aromatic rings. The van der Waals surface area contributed by atoms with E-state index in [-0.39, 0.29) is 29.8 Å². The molecule has 20 heavy (non-hydrogen) atoms. The maximum atomic E-state index is 9.93. The van der Waals surface area contributed by atoms with Crippen molar-refractivity contribution in [1.82, 2.24) is 0 Å². The van der Waals surface area contributed by atoms with Gasteiger partial charge in [-0.15, -0.1) is 12.4 Å². The van der Waals surface area contributed by atoms with Crippen LogP contribution in [-0.2, 0) is 0 Å². The number of aromatic hydroxyl groups is 1. The summed E-state index contributed by atoms with van der Waals surface area (Å²) in [5, 5.41) is 9.93. The standard InChI is InChI=1S/C16H27NO2.ClH/c1-11(2)6-8-14(17)13-10-12(7-9-15(13)18)19-16(3,4)5;/h7,9-11,14,18H,6,8,17H2,1-5H3;1H/t14-;/m0./s1. The summed E-state index contributed by atoms with van der Waals surface area (Å²) in [4.78, 5) is 0. The highest BCUT2D eigenvalue weighted by Gasteiger charge is 2.16. The third kappa shape index (κ3) is 6.49. The molecule has 1 atom stereocenters. The zero-order valence-corrected chi connectivity index (χ0v) is 14.0. The monoisotopic (exact) mass is 301 g/mol. The molecule has 0 aliphatic rings. The lowest BCUT2D eigenvalue weighted by atomic mass is 9.97. The number of benzene rings is 1. The second-order valence-electron chi connectivity index (χ2n) is 6.51. The Bertz CT molecular complexity index is 413. The van der Waals surface area contributed by atoms with Crippen LogP contribution in [0, 0.1) is 5.92 Å². The van der Waals surface area contributed by atoms with E-state index in [0.717, 1.165) is 24.2 Å². The van der Waals surface area contributed by atoms with Gasteiger partial charge in [-0.05, 0) is 57.7 Å². The number of phenols is 1. The molecule has 0 bridgehead atoms. The Labute approximate surface area is 128 Å². The minimum absolute atomic E-state index is 0. The normalized spacial score (nSPS) is 12.9. The van der Waals surface area contributed by atoms with Crippen LogP contribution in [0.5, 0.6) is 11.5 Å². The van der Waals surface area contributed by atoms with E-state index < -0.39 is 0 Å². The van der Waals surface area contributed by atoms with Crippen LogP contribution in [0.25, 0.3) is 0 Å². The number of ether oxygens (including phenoxy) is 1. The van der Waals surface area contributed by atoms with E-state index in [1.54, 1.807) is 12.1 Å². The smallest absolute Gasteiger partial charge is 0.120 e. The number of phenolic OH excluding ortho intramolecular Hbond substituents is 1.